The molecular formula is C15H21NS. The van der Waals surface area contributed by atoms with Crippen molar-refractivity contribution in [1.82, 2.24) is 0 Å². The summed E-state index contributed by atoms with van der Waals surface area (Å²) in [6.07, 6.45) is 7.98. The highest BCUT2D eigenvalue weighted by atomic mass is 32.2. The molecule has 0 aliphatic carbocycles. The molecule has 1 rings (SSSR count). The van der Waals surface area contributed by atoms with Crippen LogP contribution in [-0.2, 0) is 0 Å². The van der Waals surface area contributed by atoms with Crippen molar-refractivity contribution in [3.63, 3.8) is 0 Å². The van der Waals surface area contributed by atoms with Crippen LogP contribution in [0.3, 0.4) is 0 Å². The molecule has 0 unspecified atom stereocenters. The molecule has 0 spiro atoms. The number of nitrogens with zero attached hydrogens (tertiary/aromatic N) is 1. The number of rotatable bonds is 8. The van der Waals surface area contributed by atoms with Crippen molar-refractivity contribution in [2.24, 2.45) is 0 Å². The predicted octanol–water partition coefficient (Wildman–Crippen LogP) is 5.01. The zero-order valence-corrected chi connectivity index (χ0v) is 11.4. The number of benzene rings is 1. The Morgan fingerprint density at radius 1 is 1.06 bits per heavy atom. The maximum Gasteiger partial charge on any atom is 0.100 e. The second-order valence-electron chi connectivity index (χ2n) is 4.22. The van der Waals surface area contributed by atoms with Crippen molar-refractivity contribution in [2.45, 2.75) is 50.3 Å². The quantitative estimate of drug-likeness (QED) is 0.476. The molecule has 0 N–H and O–H groups in total. The SMILES string of the molecule is CCCCCCCCSc1ccccc1C#N. The number of hydrogen-bond donors (Lipinski definition) is 0. The van der Waals surface area contributed by atoms with Gasteiger partial charge in [-0.05, 0) is 24.3 Å². The molecule has 0 bridgehead atoms. The Bertz CT molecular complexity index is 354. The highest BCUT2D eigenvalue weighted by molar-refractivity contribution is 7.99. The standard InChI is InChI=1S/C15H21NS/c1-2-3-4-5-6-9-12-17-15-11-8-7-10-14(15)13-16/h7-8,10-11H,2-6,9,12H2,1H3. The summed E-state index contributed by atoms with van der Waals surface area (Å²) in [7, 11) is 0. The first-order valence-corrected chi connectivity index (χ1v) is 7.49. The van der Waals surface area contributed by atoms with Crippen molar-refractivity contribution in [3.8, 4) is 6.07 Å². The minimum atomic E-state index is 0.809. The monoisotopic (exact) mass is 247 g/mol. The molecular weight excluding hydrogens is 226 g/mol. The molecule has 0 aliphatic rings. The molecule has 0 aliphatic heterocycles. The first-order valence-electron chi connectivity index (χ1n) is 6.50. The topological polar surface area (TPSA) is 23.8 Å². The Hall–Kier alpha value is -0.940. The summed E-state index contributed by atoms with van der Waals surface area (Å²) in [6.45, 7) is 2.24. The Labute approximate surface area is 109 Å². The van der Waals surface area contributed by atoms with E-state index in [2.05, 4.69) is 13.0 Å². The van der Waals surface area contributed by atoms with E-state index in [1.54, 1.807) is 0 Å². The van der Waals surface area contributed by atoms with E-state index in [-0.39, 0.29) is 0 Å². The van der Waals surface area contributed by atoms with Crippen LogP contribution in [0.15, 0.2) is 29.2 Å². The van der Waals surface area contributed by atoms with Gasteiger partial charge in [-0.2, -0.15) is 5.26 Å². The van der Waals surface area contributed by atoms with Gasteiger partial charge in [-0.15, -0.1) is 11.8 Å². The Kier molecular flexibility index (Phi) is 7.58. The van der Waals surface area contributed by atoms with Crippen molar-refractivity contribution in [1.29, 1.82) is 5.26 Å². The van der Waals surface area contributed by atoms with Gasteiger partial charge in [-0.25, -0.2) is 0 Å². The smallest absolute Gasteiger partial charge is 0.100 e. The molecule has 0 saturated heterocycles. The van der Waals surface area contributed by atoms with Crippen LogP contribution in [-0.4, -0.2) is 5.75 Å². The lowest BCUT2D eigenvalue weighted by atomic mass is 10.1. The van der Waals surface area contributed by atoms with Crippen molar-refractivity contribution < 1.29 is 0 Å². The molecule has 0 atom stereocenters. The van der Waals surface area contributed by atoms with Crippen LogP contribution in [0.25, 0.3) is 0 Å². The first-order chi connectivity index (χ1) is 8.38. The van der Waals surface area contributed by atoms with Crippen molar-refractivity contribution >= 4 is 11.8 Å². The minimum Gasteiger partial charge on any atom is -0.192 e. The highest BCUT2D eigenvalue weighted by Crippen LogP contribution is 2.23. The molecule has 0 aromatic heterocycles. The van der Waals surface area contributed by atoms with E-state index >= 15 is 0 Å². The van der Waals surface area contributed by atoms with E-state index in [4.69, 9.17) is 5.26 Å². The van der Waals surface area contributed by atoms with E-state index in [9.17, 15) is 0 Å². The van der Waals surface area contributed by atoms with Crippen LogP contribution < -0.4 is 0 Å². The third-order valence-corrected chi connectivity index (χ3v) is 3.92. The Morgan fingerprint density at radius 3 is 2.53 bits per heavy atom. The summed E-state index contributed by atoms with van der Waals surface area (Å²) < 4.78 is 0. The first kappa shape index (κ1) is 14.1. The normalized spacial score (nSPS) is 10.1. The van der Waals surface area contributed by atoms with Crippen LogP contribution in [0.2, 0.25) is 0 Å². The third kappa shape index (κ3) is 5.79. The lowest BCUT2D eigenvalue weighted by molar-refractivity contribution is 0.627. The predicted molar refractivity (Wildman–Crippen MR) is 75.3 cm³/mol. The van der Waals surface area contributed by atoms with E-state index in [0.29, 0.717) is 0 Å². The largest absolute Gasteiger partial charge is 0.192 e. The van der Waals surface area contributed by atoms with Crippen LogP contribution in [0.1, 0.15) is 51.0 Å². The molecule has 0 radical (unpaired) electrons. The summed E-state index contributed by atoms with van der Waals surface area (Å²) in [5.41, 5.74) is 0.809. The van der Waals surface area contributed by atoms with E-state index in [0.717, 1.165) is 16.2 Å². The summed E-state index contributed by atoms with van der Waals surface area (Å²) >= 11 is 1.81. The molecule has 1 aromatic rings. The molecule has 0 amide bonds. The van der Waals surface area contributed by atoms with Gasteiger partial charge in [0.25, 0.3) is 0 Å². The zero-order chi connectivity index (χ0) is 12.3. The molecule has 0 saturated carbocycles. The summed E-state index contributed by atoms with van der Waals surface area (Å²) in [6, 6.07) is 10.1. The van der Waals surface area contributed by atoms with Gasteiger partial charge < -0.3 is 0 Å². The van der Waals surface area contributed by atoms with Gasteiger partial charge in [-0.1, -0.05) is 51.2 Å². The van der Waals surface area contributed by atoms with Crippen LogP contribution in [0, 0.1) is 11.3 Å². The van der Waals surface area contributed by atoms with Gasteiger partial charge in [0.15, 0.2) is 0 Å². The fourth-order valence-corrected chi connectivity index (χ4v) is 2.76. The van der Waals surface area contributed by atoms with Crippen LogP contribution in [0.5, 0.6) is 0 Å². The molecule has 92 valence electrons. The van der Waals surface area contributed by atoms with Crippen molar-refractivity contribution in [3.05, 3.63) is 29.8 Å². The van der Waals surface area contributed by atoms with Crippen molar-refractivity contribution in [2.75, 3.05) is 5.75 Å². The number of thioether (sulfide) groups is 1. The molecule has 17 heavy (non-hydrogen) atoms. The highest BCUT2D eigenvalue weighted by Gasteiger charge is 2.00. The summed E-state index contributed by atoms with van der Waals surface area (Å²) in [5, 5.41) is 8.95. The van der Waals surface area contributed by atoms with Gasteiger partial charge in [0.05, 0.1) is 5.56 Å². The third-order valence-electron chi connectivity index (χ3n) is 2.76. The number of hydrogen-bond acceptors (Lipinski definition) is 2. The van der Waals surface area contributed by atoms with Gasteiger partial charge in [0.1, 0.15) is 6.07 Å². The average Bonchev–Trinajstić information content (AvgIpc) is 2.38. The Morgan fingerprint density at radius 2 is 1.76 bits per heavy atom. The number of nitriles is 1. The lowest BCUT2D eigenvalue weighted by Gasteiger charge is -2.03. The second-order valence-corrected chi connectivity index (χ2v) is 5.36. The van der Waals surface area contributed by atoms with Gasteiger partial charge >= 0.3 is 0 Å². The maximum atomic E-state index is 8.95. The van der Waals surface area contributed by atoms with Gasteiger partial charge in [0, 0.05) is 4.90 Å². The maximum absolute atomic E-state index is 8.95. The average molecular weight is 247 g/mol. The summed E-state index contributed by atoms with van der Waals surface area (Å²) in [5.74, 6) is 1.13. The second kappa shape index (κ2) is 9.13. The fourth-order valence-electron chi connectivity index (χ4n) is 1.75. The van der Waals surface area contributed by atoms with E-state index < -0.39 is 0 Å². The van der Waals surface area contributed by atoms with Gasteiger partial charge in [0.2, 0.25) is 0 Å². The molecule has 0 heterocycles. The Balaban J connectivity index is 2.16. The van der Waals surface area contributed by atoms with E-state index in [1.807, 2.05) is 36.0 Å². The van der Waals surface area contributed by atoms with Crippen LogP contribution >= 0.6 is 11.8 Å². The number of unbranched alkanes of at least 4 members (excludes halogenated alkanes) is 5. The summed E-state index contributed by atoms with van der Waals surface area (Å²) in [4.78, 5) is 1.13. The molecule has 1 nitrogen and oxygen atoms in total. The zero-order valence-electron chi connectivity index (χ0n) is 10.6. The molecule has 0 fully saturated rings. The van der Waals surface area contributed by atoms with Crippen LogP contribution in [0.4, 0.5) is 0 Å². The minimum absolute atomic E-state index is 0.809. The molecule has 2 heteroatoms. The van der Waals surface area contributed by atoms with E-state index in [1.165, 1.54) is 38.5 Å². The lowest BCUT2D eigenvalue weighted by Crippen LogP contribution is -1.85. The van der Waals surface area contributed by atoms with Gasteiger partial charge in [-0.3, -0.25) is 0 Å². The molecule has 1 aromatic carbocycles. The fraction of sp³-hybridized carbons (Fsp3) is 0.533.